The lowest BCUT2D eigenvalue weighted by Crippen LogP contribution is -1.89. The zero-order valence-corrected chi connectivity index (χ0v) is 16.0. The standard InChI is InChI=1S/C8H8N2.C7H11N3.C6H7N/c1-6-9-7-4-2-3-5-8(7)10-6;1-3-6-7(8-4-2)5-9-10-6;1-6-3-2-4-7-5-6/h2-5H,1H3,(H,9,10);4-5,8H,2-3H2,1H3,(H,9,10);2-5H,1H3. The van der Waals surface area contributed by atoms with Gasteiger partial charge < -0.3 is 10.3 Å². The van der Waals surface area contributed by atoms with E-state index in [1.807, 2.05) is 56.4 Å². The van der Waals surface area contributed by atoms with Crippen LogP contribution in [0.15, 0.2) is 67.8 Å². The summed E-state index contributed by atoms with van der Waals surface area (Å²) in [6, 6.07) is 12.0. The topological polar surface area (TPSA) is 82.3 Å². The maximum atomic E-state index is 4.26. The average molecular weight is 362 g/mol. The molecule has 0 atom stereocenters. The Morgan fingerprint density at radius 1 is 1.11 bits per heavy atom. The molecule has 3 N–H and O–H groups in total. The molecule has 0 unspecified atom stereocenters. The maximum absolute atomic E-state index is 4.26. The van der Waals surface area contributed by atoms with Gasteiger partial charge in [-0.3, -0.25) is 10.1 Å². The van der Waals surface area contributed by atoms with Gasteiger partial charge in [0.05, 0.1) is 28.6 Å². The maximum Gasteiger partial charge on any atom is 0.104 e. The van der Waals surface area contributed by atoms with Crippen LogP contribution in [0.5, 0.6) is 0 Å². The fraction of sp³-hybridized carbons (Fsp3) is 0.190. The number of hydrogen-bond donors (Lipinski definition) is 3. The summed E-state index contributed by atoms with van der Waals surface area (Å²) in [6.45, 7) is 9.61. The fourth-order valence-electron chi connectivity index (χ4n) is 2.35. The molecule has 0 radical (unpaired) electrons. The number of aryl methyl sites for hydroxylation is 3. The Kier molecular flexibility index (Phi) is 7.78. The third-order valence-electron chi connectivity index (χ3n) is 3.65. The van der Waals surface area contributed by atoms with E-state index in [0.717, 1.165) is 34.7 Å². The van der Waals surface area contributed by atoms with Gasteiger partial charge in [-0.1, -0.05) is 31.7 Å². The van der Waals surface area contributed by atoms with Crippen molar-refractivity contribution in [2.45, 2.75) is 27.2 Å². The number of rotatable bonds is 3. The fourth-order valence-corrected chi connectivity index (χ4v) is 2.35. The molecule has 0 amide bonds. The van der Waals surface area contributed by atoms with Crippen molar-refractivity contribution in [2.75, 3.05) is 5.32 Å². The van der Waals surface area contributed by atoms with Crippen LogP contribution in [0.1, 0.15) is 24.0 Å². The zero-order chi connectivity index (χ0) is 19.5. The lowest BCUT2D eigenvalue weighted by Gasteiger charge is -1.96. The number of hydrogen-bond acceptors (Lipinski definition) is 4. The number of nitrogens with one attached hydrogen (secondary N) is 3. The molecule has 0 fully saturated rings. The number of nitrogens with zero attached hydrogens (tertiary/aromatic N) is 3. The summed E-state index contributed by atoms with van der Waals surface area (Å²) < 4.78 is 0. The molecule has 27 heavy (non-hydrogen) atoms. The van der Waals surface area contributed by atoms with Crippen molar-refractivity contribution in [1.29, 1.82) is 0 Å². The first kappa shape index (κ1) is 19.9. The van der Waals surface area contributed by atoms with Crippen molar-refractivity contribution in [1.82, 2.24) is 25.1 Å². The Labute approximate surface area is 159 Å². The second kappa shape index (κ2) is 10.6. The molecule has 0 saturated carbocycles. The van der Waals surface area contributed by atoms with Crippen LogP contribution >= 0.6 is 0 Å². The second-order valence-corrected chi connectivity index (χ2v) is 5.83. The van der Waals surface area contributed by atoms with Gasteiger partial charge >= 0.3 is 0 Å². The van der Waals surface area contributed by atoms with E-state index in [2.05, 4.69) is 44.0 Å². The van der Waals surface area contributed by atoms with Gasteiger partial charge in [-0.25, -0.2) is 4.98 Å². The summed E-state index contributed by atoms with van der Waals surface area (Å²) in [7, 11) is 0. The summed E-state index contributed by atoms with van der Waals surface area (Å²) in [5, 5.41) is 9.73. The van der Waals surface area contributed by atoms with Crippen LogP contribution < -0.4 is 5.32 Å². The first-order valence-corrected chi connectivity index (χ1v) is 8.81. The van der Waals surface area contributed by atoms with Gasteiger partial charge in [0.15, 0.2) is 0 Å². The molecule has 6 nitrogen and oxygen atoms in total. The zero-order valence-electron chi connectivity index (χ0n) is 16.0. The highest BCUT2D eigenvalue weighted by atomic mass is 15.1. The van der Waals surface area contributed by atoms with Gasteiger partial charge in [0.2, 0.25) is 0 Å². The molecule has 4 rings (SSSR count). The van der Waals surface area contributed by atoms with Crippen LogP contribution in [-0.2, 0) is 6.42 Å². The molecule has 0 aliphatic carbocycles. The quantitative estimate of drug-likeness (QED) is 0.489. The molecule has 0 saturated heterocycles. The first-order valence-electron chi connectivity index (χ1n) is 8.81. The predicted octanol–water partition coefficient (Wildman–Crippen LogP) is 4.79. The highest BCUT2D eigenvalue weighted by molar-refractivity contribution is 5.74. The number of para-hydroxylation sites is 2. The minimum Gasteiger partial charge on any atom is -0.360 e. The molecular formula is C21H26N6. The van der Waals surface area contributed by atoms with Crippen molar-refractivity contribution < 1.29 is 0 Å². The Morgan fingerprint density at radius 3 is 2.52 bits per heavy atom. The number of aromatic amines is 2. The third kappa shape index (κ3) is 6.43. The molecule has 3 aromatic heterocycles. The number of fused-ring (bicyclic) bond motifs is 1. The SMILES string of the molecule is C=CNc1cn[nH]c1CC.Cc1cccnc1.Cc1nc2ccccc2[nH]1. The van der Waals surface area contributed by atoms with E-state index in [1.54, 1.807) is 18.6 Å². The van der Waals surface area contributed by atoms with Crippen LogP contribution in [0.25, 0.3) is 11.0 Å². The van der Waals surface area contributed by atoms with Gasteiger partial charge in [-0.2, -0.15) is 5.10 Å². The minimum atomic E-state index is 0.955. The van der Waals surface area contributed by atoms with Crippen molar-refractivity contribution in [3.63, 3.8) is 0 Å². The Balaban J connectivity index is 0.000000148. The normalized spacial score (nSPS) is 9.59. The number of aromatic nitrogens is 5. The van der Waals surface area contributed by atoms with Crippen LogP contribution in [0, 0.1) is 13.8 Å². The molecule has 0 bridgehead atoms. The molecule has 6 heteroatoms. The molecule has 140 valence electrons. The van der Waals surface area contributed by atoms with E-state index in [4.69, 9.17) is 0 Å². The van der Waals surface area contributed by atoms with Crippen LogP contribution in [0.4, 0.5) is 5.69 Å². The molecule has 4 aromatic rings. The van der Waals surface area contributed by atoms with E-state index >= 15 is 0 Å². The molecular weight excluding hydrogens is 336 g/mol. The first-order chi connectivity index (χ1) is 13.1. The van der Waals surface area contributed by atoms with Gasteiger partial charge in [0.25, 0.3) is 0 Å². The molecule has 0 aliphatic rings. The van der Waals surface area contributed by atoms with E-state index in [9.17, 15) is 0 Å². The Bertz CT molecular complexity index is 906. The van der Waals surface area contributed by atoms with Crippen LogP contribution in [0.2, 0.25) is 0 Å². The predicted molar refractivity (Wildman–Crippen MR) is 112 cm³/mol. The number of imidazole rings is 1. The summed E-state index contributed by atoms with van der Waals surface area (Å²) in [5.74, 6) is 0.973. The highest BCUT2D eigenvalue weighted by Gasteiger charge is 1.98. The molecule has 1 aromatic carbocycles. The van der Waals surface area contributed by atoms with Crippen molar-refractivity contribution in [3.8, 4) is 0 Å². The highest BCUT2D eigenvalue weighted by Crippen LogP contribution is 2.10. The van der Waals surface area contributed by atoms with E-state index in [-0.39, 0.29) is 0 Å². The van der Waals surface area contributed by atoms with E-state index in [0.29, 0.717) is 0 Å². The lowest BCUT2D eigenvalue weighted by molar-refractivity contribution is 0.975. The largest absolute Gasteiger partial charge is 0.360 e. The van der Waals surface area contributed by atoms with E-state index in [1.165, 1.54) is 5.56 Å². The minimum absolute atomic E-state index is 0.955. The Morgan fingerprint density at radius 2 is 1.93 bits per heavy atom. The number of benzene rings is 1. The second-order valence-electron chi connectivity index (χ2n) is 5.83. The number of pyridine rings is 1. The Hall–Kier alpha value is -3.41. The molecule has 0 spiro atoms. The number of H-pyrrole nitrogens is 2. The van der Waals surface area contributed by atoms with Crippen molar-refractivity contribution in [3.05, 3.63) is 84.8 Å². The molecule has 0 aliphatic heterocycles. The third-order valence-corrected chi connectivity index (χ3v) is 3.65. The number of anilines is 1. The molecule has 3 heterocycles. The lowest BCUT2D eigenvalue weighted by atomic mass is 10.3. The van der Waals surface area contributed by atoms with Gasteiger partial charge in [-0.15, -0.1) is 0 Å². The van der Waals surface area contributed by atoms with Gasteiger partial charge in [-0.05, 0) is 50.2 Å². The van der Waals surface area contributed by atoms with Gasteiger partial charge in [0.1, 0.15) is 5.82 Å². The van der Waals surface area contributed by atoms with Crippen molar-refractivity contribution >= 4 is 16.7 Å². The average Bonchev–Trinajstić information content (AvgIpc) is 3.28. The smallest absolute Gasteiger partial charge is 0.104 e. The summed E-state index contributed by atoms with van der Waals surface area (Å²) in [6.07, 6.45) is 7.95. The monoisotopic (exact) mass is 362 g/mol. The van der Waals surface area contributed by atoms with Crippen LogP contribution in [0.3, 0.4) is 0 Å². The summed E-state index contributed by atoms with van der Waals surface area (Å²) in [4.78, 5) is 11.3. The van der Waals surface area contributed by atoms with Crippen molar-refractivity contribution in [2.24, 2.45) is 0 Å². The summed E-state index contributed by atoms with van der Waals surface area (Å²) >= 11 is 0. The van der Waals surface area contributed by atoms with E-state index < -0.39 is 0 Å². The van der Waals surface area contributed by atoms with Crippen LogP contribution in [-0.4, -0.2) is 25.1 Å². The van der Waals surface area contributed by atoms with Gasteiger partial charge in [0, 0.05) is 12.4 Å². The summed E-state index contributed by atoms with van der Waals surface area (Å²) in [5.41, 5.74) is 5.49.